The van der Waals surface area contributed by atoms with Gasteiger partial charge in [-0.05, 0) is 128 Å². The minimum Gasteiger partial charge on any atom is -0.310 e. The number of hydrogen-bond acceptors (Lipinski definition) is 1. The van der Waals surface area contributed by atoms with Crippen molar-refractivity contribution in [1.29, 1.82) is 0 Å². The average molecular weight is 909 g/mol. The predicted molar refractivity (Wildman–Crippen MR) is 300 cm³/mol. The molecule has 0 radical (unpaired) electrons. The van der Waals surface area contributed by atoms with Crippen molar-refractivity contribution < 1.29 is 0 Å². The average Bonchev–Trinajstić information content (AvgIpc) is 3.91. The van der Waals surface area contributed by atoms with E-state index in [4.69, 9.17) is 0 Å². The summed E-state index contributed by atoms with van der Waals surface area (Å²) in [5, 5.41) is 3.66. The Labute approximate surface area is 416 Å². The highest BCUT2D eigenvalue weighted by molar-refractivity contribution is 6.20. The molecule has 0 aliphatic heterocycles. The Morgan fingerprint density at radius 3 is 1.66 bits per heavy atom. The van der Waals surface area contributed by atoms with Gasteiger partial charge in [-0.25, -0.2) is 0 Å². The van der Waals surface area contributed by atoms with E-state index in [9.17, 15) is 0 Å². The normalized spacial score (nSPS) is 14.4. The van der Waals surface area contributed by atoms with Crippen molar-refractivity contribution in [1.82, 2.24) is 4.57 Å². The molecule has 1 heterocycles. The quantitative estimate of drug-likeness (QED) is 0.140. The van der Waals surface area contributed by atoms with Crippen molar-refractivity contribution in [3.63, 3.8) is 0 Å². The van der Waals surface area contributed by atoms with Gasteiger partial charge in [-0.2, -0.15) is 0 Å². The lowest BCUT2D eigenvalue weighted by Crippen LogP contribution is -2.16. The lowest BCUT2D eigenvalue weighted by Gasteiger charge is -2.28. The molecule has 2 aliphatic carbocycles. The molecular weight excluding hydrogens is 857 g/mol. The third-order valence-corrected chi connectivity index (χ3v) is 15.1. The van der Waals surface area contributed by atoms with Crippen LogP contribution in [0.1, 0.15) is 42.9 Å². The number of benzene rings is 10. The zero-order chi connectivity index (χ0) is 47.5. The van der Waals surface area contributed by atoms with E-state index in [1.807, 2.05) is 0 Å². The SMILES string of the molecule is CC1(C)c2ccccc2-c2ccc(N(c3ccc(-c4ccccc4)cc3)c3ccc(-c4cc5c(-c6ccccc6)c(-c6ccccc6)n(-c6ccc(C7C=CC=CC7)cc6)c5c5ccccc45)cc3)cc21. The third kappa shape index (κ3) is 7.26. The predicted octanol–water partition coefficient (Wildman–Crippen LogP) is 18.8. The van der Waals surface area contributed by atoms with E-state index < -0.39 is 0 Å². The second-order valence-corrected chi connectivity index (χ2v) is 19.6. The van der Waals surface area contributed by atoms with Crippen LogP contribution in [-0.4, -0.2) is 4.57 Å². The number of rotatable bonds is 9. The van der Waals surface area contributed by atoms with Crippen molar-refractivity contribution in [3.8, 4) is 61.5 Å². The summed E-state index contributed by atoms with van der Waals surface area (Å²) in [5.41, 5.74) is 21.9. The van der Waals surface area contributed by atoms with Crippen LogP contribution in [0.15, 0.2) is 261 Å². The van der Waals surface area contributed by atoms with Crippen LogP contribution in [-0.2, 0) is 5.41 Å². The number of hydrogen-bond donors (Lipinski definition) is 0. The molecule has 0 fully saturated rings. The van der Waals surface area contributed by atoms with Crippen LogP contribution in [0.2, 0.25) is 0 Å². The summed E-state index contributed by atoms with van der Waals surface area (Å²) in [7, 11) is 0. The highest BCUT2D eigenvalue weighted by atomic mass is 15.1. The summed E-state index contributed by atoms with van der Waals surface area (Å²) in [6.45, 7) is 4.72. The monoisotopic (exact) mass is 908 g/mol. The Balaban J connectivity index is 0.988. The first-order chi connectivity index (χ1) is 35.0. The minimum atomic E-state index is -0.125. The second kappa shape index (κ2) is 17.4. The Bertz CT molecular complexity index is 3820. The fourth-order valence-electron chi connectivity index (χ4n) is 11.6. The van der Waals surface area contributed by atoms with E-state index in [2.05, 4.69) is 284 Å². The zero-order valence-corrected chi connectivity index (χ0v) is 40.0. The van der Waals surface area contributed by atoms with Crippen LogP contribution < -0.4 is 4.90 Å². The summed E-state index contributed by atoms with van der Waals surface area (Å²) in [5.74, 6) is 0.379. The van der Waals surface area contributed by atoms with Gasteiger partial charge in [-0.15, -0.1) is 0 Å². The third-order valence-electron chi connectivity index (χ3n) is 15.1. The van der Waals surface area contributed by atoms with Crippen LogP contribution in [0.5, 0.6) is 0 Å². The van der Waals surface area contributed by atoms with Crippen molar-refractivity contribution >= 4 is 38.7 Å². The molecule has 2 nitrogen and oxygen atoms in total. The van der Waals surface area contributed by atoms with Crippen LogP contribution in [0.3, 0.4) is 0 Å². The van der Waals surface area contributed by atoms with Gasteiger partial charge in [0.25, 0.3) is 0 Å². The van der Waals surface area contributed by atoms with Gasteiger partial charge in [0, 0.05) is 50.4 Å². The number of allylic oxidation sites excluding steroid dienone is 4. The molecule has 1 unspecified atom stereocenters. The highest BCUT2D eigenvalue weighted by Crippen LogP contribution is 2.52. The molecule has 0 amide bonds. The smallest absolute Gasteiger partial charge is 0.0620 e. The molecule has 0 saturated carbocycles. The topological polar surface area (TPSA) is 8.17 Å². The lowest BCUT2D eigenvalue weighted by atomic mass is 9.82. The molecule has 13 rings (SSSR count). The molecule has 1 atom stereocenters. The van der Waals surface area contributed by atoms with Gasteiger partial charge >= 0.3 is 0 Å². The molecule has 0 N–H and O–H groups in total. The zero-order valence-electron chi connectivity index (χ0n) is 40.0. The van der Waals surface area contributed by atoms with E-state index >= 15 is 0 Å². The molecule has 0 bridgehead atoms. The standard InChI is InChI=1S/C69H52N2/c1-69(2)64-30-18-17-28-59(64)60-44-43-57(45-65(60)69)70(54-37-31-49(32-38-54)47-19-7-3-8-20-47)55-41-35-51(36-42-55)62-46-63-66(52-23-11-5-12-24-52)67(53-25-13-6-14-26-53)71(68(63)61-29-16-15-27-58(61)62)56-39-33-50(34-40-56)48-21-9-4-10-22-48/h3-21,23-46,48H,22H2,1-2H3. The molecule has 0 saturated heterocycles. The fraction of sp³-hybridized carbons (Fsp3) is 0.0725. The molecule has 11 aromatic rings. The van der Waals surface area contributed by atoms with Crippen molar-refractivity contribution in [2.75, 3.05) is 4.90 Å². The van der Waals surface area contributed by atoms with Gasteiger partial charge in [0.15, 0.2) is 0 Å². The fourth-order valence-corrected chi connectivity index (χ4v) is 11.6. The van der Waals surface area contributed by atoms with E-state index in [-0.39, 0.29) is 5.41 Å². The first-order valence-corrected chi connectivity index (χ1v) is 24.9. The molecule has 71 heavy (non-hydrogen) atoms. The van der Waals surface area contributed by atoms with Crippen molar-refractivity contribution in [2.24, 2.45) is 0 Å². The van der Waals surface area contributed by atoms with Crippen LogP contribution in [0.4, 0.5) is 17.1 Å². The largest absolute Gasteiger partial charge is 0.310 e. The Hall–Kier alpha value is -8.72. The van der Waals surface area contributed by atoms with Crippen LogP contribution in [0, 0.1) is 0 Å². The molecule has 2 heteroatoms. The van der Waals surface area contributed by atoms with E-state index in [0.717, 1.165) is 29.2 Å². The van der Waals surface area contributed by atoms with Gasteiger partial charge < -0.3 is 9.47 Å². The van der Waals surface area contributed by atoms with Gasteiger partial charge in [0.05, 0.1) is 11.2 Å². The molecule has 1 aromatic heterocycles. The van der Waals surface area contributed by atoms with Gasteiger partial charge in [-0.3, -0.25) is 0 Å². The van der Waals surface area contributed by atoms with E-state index in [0.29, 0.717) is 5.92 Å². The van der Waals surface area contributed by atoms with Crippen LogP contribution >= 0.6 is 0 Å². The van der Waals surface area contributed by atoms with Crippen LogP contribution in [0.25, 0.3) is 83.1 Å². The summed E-state index contributed by atoms with van der Waals surface area (Å²) < 4.78 is 2.53. The van der Waals surface area contributed by atoms with Gasteiger partial charge in [0.1, 0.15) is 0 Å². The summed E-state index contributed by atoms with van der Waals surface area (Å²) >= 11 is 0. The first-order valence-electron chi connectivity index (χ1n) is 24.9. The Morgan fingerprint density at radius 2 is 0.986 bits per heavy atom. The highest BCUT2D eigenvalue weighted by Gasteiger charge is 2.36. The molecule has 0 spiro atoms. The molecular formula is C69H52N2. The lowest BCUT2D eigenvalue weighted by molar-refractivity contribution is 0.660. The molecule has 338 valence electrons. The van der Waals surface area contributed by atoms with E-state index in [1.54, 1.807) is 0 Å². The van der Waals surface area contributed by atoms with Crippen molar-refractivity contribution in [3.05, 3.63) is 278 Å². The molecule has 10 aromatic carbocycles. The second-order valence-electron chi connectivity index (χ2n) is 19.6. The minimum absolute atomic E-state index is 0.125. The Morgan fingerprint density at radius 1 is 0.423 bits per heavy atom. The molecule has 2 aliphatic rings. The van der Waals surface area contributed by atoms with Crippen molar-refractivity contribution in [2.45, 2.75) is 31.6 Å². The first kappa shape index (κ1) is 42.4. The number of fused-ring (bicyclic) bond motifs is 6. The summed E-state index contributed by atoms with van der Waals surface area (Å²) in [4.78, 5) is 2.42. The number of aromatic nitrogens is 1. The summed E-state index contributed by atoms with van der Waals surface area (Å²) in [6.07, 6.45) is 9.93. The van der Waals surface area contributed by atoms with E-state index in [1.165, 1.54) is 94.1 Å². The number of nitrogens with zero attached hydrogens (tertiary/aromatic N) is 2. The maximum Gasteiger partial charge on any atom is 0.0620 e. The summed E-state index contributed by atoms with van der Waals surface area (Å²) in [6, 6.07) is 87.6. The van der Waals surface area contributed by atoms with Gasteiger partial charge in [-0.1, -0.05) is 220 Å². The van der Waals surface area contributed by atoms with Gasteiger partial charge in [0.2, 0.25) is 0 Å². The maximum absolute atomic E-state index is 2.53. The number of anilines is 3. The Kier molecular flexibility index (Phi) is 10.4. The maximum atomic E-state index is 2.53.